The van der Waals surface area contributed by atoms with E-state index in [1.54, 1.807) is 24.3 Å². The molecule has 1 aliphatic rings. The van der Waals surface area contributed by atoms with Crippen LogP contribution in [0.15, 0.2) is 41.5 Å². The van der Waals surface area contributed by atoms with E-state index < -0.39 is 5.97 Å². The quantitative estimate of drug-likeness (QED) is 0.554. The van der Waals surface area contributed by atoms with Gasteiger partial charge in [-0.15, -0.1) is 0 Å². The largest absolute Gasteiger partial charge is 0.481 e. The highest BCUT2D eigenvalue weighted by molar-refractivity contribution is 6.32. The normalized spacial score (nSPS) is 14.6. The fourth-order valence-corrected chi connectivity index (χ4v) is 2.91. The number of hydrogen-bond acceptors (Lipinski definition) is 3. The number of nitrogens with zero attached hydrogens (tertiary/aromatic N) is 1. The first-order chi connectivity index (χ1) is 11.6. The lowest BCUT2D eigenvalue weighted by molar-refractivity contribution is -0.137. The number of para-hydroxylation sites is 1. The standard InChI is InChI=1S/C19H23NO4/c1-2-3-4-8-11-15-16(12-13-17(21)22)19(24)20(18(15)23)14-9-6-5-7-10-14/h5-7,9-10H,2-4,8,11-13H2,1H3,(H,21,22). The lowest BCUT2D eigenvalue weighted by Gasteiger charge is -2.15. The lowest BCUT2D eigenvalue weighted by atomic mass is 10.00. The van der Waals surface area contributed by atoms with E-state index in [1.165, 1.54) is 4.90 Å². The summed E-state index contributed by atoms with van der Waals surface area (Å²) in [6.45, 7) is 2.11. The molecule has 128 valence electrons. The van der Waals surface area contributed by atoms with E-state index in [4.69, 9.17) is 5.11 Å². The Morgan fingerprint density at radius 1 is 0.958 bits per heavy atom. The first-order valence-electron chi connectivity index (χ1n) is 8.44. The third-order valence-corrected chi connectivity index (χ3v) is 4.17. The van der Waals surface area contributed by atoms with Crippen molar-refractivity contribution in [2.24, 2.45) is 0 Å². The Bertz CT molecular complexity index is 649. The lowest BCUT2D eigenvalue weighted by Crippen LogP contribution is -2.31. The van der Waals surface area contributed by atoms with E-state index in [9.17, 15) is 14.4 Å². The van der Waals surface area contributed by atoms with Gasteiger partial charge in [0.2, 0.25) is 0 Å². The molecule has 1 N–H and O–H groups in total. The Kier molecular flexibility index (Phi) is 6.29. The highest BCUT2D eigenvalue weighted by atomic mass is 16.4. The number of amides is 2. The number of benzene rings is 1. The molecule has 0 fully saturated rings. The fraction of sp³-hybridized carbons (Fsp3) is 0.421. The van der Waals surface area contributed by atoms with Crippen LogP contribution in [0.4, 0.5) is 5.69 Å². The van der Waals surface area contributed by atoms with Gasteiger partial charge in [-0.05, 0) is 31.4 Å². The molecule has 0 saturated heterocycles. The van der Waals surface area contributed by atoms with Crippen molar-refractivity contribution in [1.82, 2.24) is 0 Å². The molecule has 5 nitrogen and oxygen atoms in total. The highest BCUT2D eigenvalue weighted by Crippen LogP contribution is 2.32. The third kappa shape index (κ3) is 4.10. The SMILES string of the molecule is CCCCCCC1=C(CCC(=O)O)C(=O)N(c2ccccc2)C1=O. The van der Waals surface area contributed by atoms with Gasteiger partial charge in [-0.3, -0.25) is 14.4 Å². The highest BCUT2D eigenvalue weighted by Gasteiger charge is 2.38. The first kappa shape index (κ1) is 17.9. The smallest absolute Gasteiger partial charge is 0.303 e. The predicted octanol–water partition coefficient (Wildman–Crippen LogP) is 3.69. The second-order valence-electron chi connectivity index (χ2n) is 5.94. The first-order valence-corrected chi connectivity index (χ1v) is 8.44. The van der Waals surface area contributed by atoms with Gasteiger partial charge in [0.25, 0.3) is 11.8 Å². The van der Waals surface area contributed by atoms with Gasteiger partial charge >= 0.3 is 5.97 Å². The molecular formula is C19H23NO4. The van der Waals surface area contributed by atoms with Gasteiger partial charge in [0, 0.05) is 17.6 Å². The minimum Gasteiger partial charge on any atom is -0.481 e. The monoisotopic (exact) mass is 329 g/mol. The van der Waals surface area contributed by atoms with Gasteiger partial charge in [0.1, 0.15) is 0 Å². The number of rotatable bonds is 9. The van der Waals surface area contributed by atoms with Gasteiger partial charge in [-0.25, -0.2) is 4.90 Å². The van der Waals surface area contributed by atoms with Crippen molar-refractivity contribution < 1.29 is 19.5 Å². The zero-order valence-corrected chi connectivity index (χ0v) is 14.0. The number of carbonyl (C=O) groups excluding carboxylic acids is 2. The van der Waals surface area contributed by atoms with Crippen LogP contribution in [-0.2, 0) is 14.4 Å². The summed E-state index contributed by atoms with van der Waals surface area (Å²) in [6.07, 6.45) is 4.50. The molecule has 24 heavy (non-hydrogen) atoms. The number of aliphatic carboxylic acids is 1. The average molecular weight is 329 g/mol. The Labute approximate surface area is 142 Å². The molecule has 0 unspecified atom stereocenters. The summed E-state index contributed by atoms with van der Waals surface area (Å²) in [5.41, 5.74) is 1.38. The molecule has 1 aromatic rings. The zero-order chi connectivity index (χ0) is 17.5. The van der Waals surface area contributed by atoms with Gasteiger partial charge in [-0.1, -0.05) is 44.4 Å². The molecule has 0 atom stereocenters. The molecule has 2 rings (SSSR count). The Hall–Kier alpha value is -2.43. The number of carboxylic acids is 1. The van der Waals surface area contributed by atoms with Crippen LogP contribution in [0.25, 0.3) is 0 Å². The van der Waals surface area contributed by atoms with Crippen LogP contribution in [0.3, 0.4) is 0 Å². The fourth-order valence-electron chi connectivity index (χ4n) is 2.91. The Balaban J connectivity index is 2.22. The summed E-state index contributed by atoms with van der Waals surface area (Å²) in [4.78, 5) is 37.5. The van der Waals surface area contributed by atoms with Crippen molar-refractivity contribution in [2.75, 3.05) is 4.90 Å². The summed E-state index contributed by atoms with van der Waals surface area (Å²) in [5.74, 6) is -1.65. The molecule has 5 heteroatoms. The topological polar surface area (TPSA) is 74.7 Å². The van der Waals surface area contributed by atoms with Gasteiger partial charge in [0.15, 0.2) is 0 Å². The molecule has 2 amide bonds. The second-order valence-corrected chi connectivity index (χ2v) is 5.94. The van der Waals surface area contributed by atoms with Crippen molar-refractivity contribution in [2.45, 2.75) is 51.9 Å². The van der Waals surface area contributed by atoms with Crippen LogP contribution in [0.2, 0.25) is 0 Å². The molecule has 0 aliphatic carbocycles. The van der Waals surface area contributed by atoms with Crippen LogP contribution < -0.4 is 4.90 Å². The van der Waals surface area contributed by atoms with Crippen LogP contribution >= 0.6 is 0 Å². The summed E-state index contributed by atoms with van der Waals surface area (Å²) in [5, 5.41) is 8.91. The van der Waals surface area contributed by atoms with Crippen molar-refractivity contribution in [3.8, 4) is 0 Å². The Morgan fingerprint density at radius 2 is 1.58 bits per heavy atom. The predicted molar refractivity (Wildman–Crippen MR) is 91.6 cm³/mol. The van der Waals surface area contributed by atoms with Gasteiger partial charge in [0.05, 0.1) is 5.69 Å². The minimum absolute atomic E-state index is 0.104. The maximum absolute atomic E-state index is 12.7. The molecule has 1 aromatic carbocycles. The van der Waals surface area contributed by atoms with E-state index in [-0.39, 0.29) is 24.7 Å². The number of imide groups is 1. The van der Waals surface area contributed by atoms with Crippen molar-refractivity contribution >= 4 is 23.5 Å². The number of carboxylic acid groups (broad SMARTS) is 1. The zero-order valence-electron chi connectivity index (χ0n) is 14.0. The summed E-state index contributed by atoms with van der Waals surface area (Å²) < 4.78 is 0. The second kappa shape index (κ2) is 8.43. The van der Waals surface area contributed by atoms with Crippen molar-refractivity contribution in [3.63, 3.8) is 0 Å². The summed E-state index contributed by atoms with van der Waals surface area (Å²) in [7, 11) is 0. The van der Waals surface area contributed by atoms with Crippen molar-refractivity contribution in [3.05, 3.63) is 41.5 Å². The number of unbranched alkanes of at least 4 members (excludes halogenated alkanes) is 3. The number of hydrogen-bond donors (Lipinski definition) is 1. The van der Waals surface area contributed by atoms with E-state index in [2.05, 4.69) is 6.92 Å². The molecule has 1 heterocycles. The average Bonchev–Trinajstić information content (AvgIpc) is 2.80. The summed E-state index contributed by atoms with van der Waals surface area (Å²) in [6, 6.07) is 8.78. The third-order valence-electron chi connectivity index (χ3n) is 4.17. The molecule has 0 radical (unpaired) electrons. The maximum atomic E-state index is 12.7. The molecule has 0 saturated carbocycles. The molecule has 0 bridgehead atoms. The van der Waals surface area contributed by atoms with Gasteiger partial charge < -0.3 is 5.11 Å². The van der Waals surface area contributed by atoms with Crippen LogP contribution in [0.1, 0.15) is 51.9 Å². The molecule has 1 aliphatic heterocycles. The molecule has 0 aromatic heterocycles. The van der Waals surface area contributed by atoms with Crippen LogP contribution in [0, 0.1) is 0 Å². The Morgan fingerprint density at radius 3 is 2.17 bits per heavy atom. The van der Waals surface area contributed by atoms with Gasteiger partial charge in [-0.2, -0.15) is 0 Å². The molecule has 0 spiro atoms. The van der Waals surface area contributed by atoms with E-state index >= 15 is 0 Å². The van der Waals surface area contributed by atoms with E-state index in [1.807, 2.05) is 6.07 Å². The van der Waals surface area contributed by atoms with E-state index in [0.29, 0.717) is 23.3 Å². The number of anilines is 1. The number of carbonyl (C=O) groups is 3. The molecular weight excluding hydrogens is 306 g/mol. The minimum atomic E-state index is -0.966. The summed E-state index contributed by atoms with van der Waals surface area (Å²) >= 11 is 0. The van der Waals surface area contributed by atoms with Crippen LogP contribution in [0.5, 0.6) is 0 Å². The van der Waals surface area contributed by atoms with E-state index in [0.717, 1.165) is 25.7 Å². The van der Waals surface area contributed by atoms with Crippen LogP contribution in [-0.4, -0.2) is 22.9 Å². The maximum Gasteiger partial charge on any atom is 0.303 e. The van der Waals surface area contributed by atoms with Crippen molar-refractivity contribution in [1.29, 1.82) is 0 Å².